The van der Waals surface area contributed by atoms with Gasteiger partial charge in [-0.15, -0.1) is 11.6 Å². The van der Waals surface area contributed by atoms with Gasteiger partial charge in [0.15, 0.2) is 0 Å². The van der Waals surface area contributed by atoms with Crippen molar-refractivity contribution in [3.05, 3.63) is 35.1 Å². The first-order valence-corrected chi connectivity index (χ1v) is 6.99. The van der Waals surface area contributed by atoms with Crippen molar-refractivity contribution < 1.29 is 9.18 Å². The third kappa shape index (κ3) is 5.19. The van der Waals surface area contributed by atoms with Gasteiger partial charge in [-0.25, -0.2) is 4.39 Å². The second-order valence-corrected chi connectivity index (χ2v) is 6.00. The summed E-state index contributed by atoms with van der Waals surface area (Å²) in [5.74, 6) is -0.225. The van der Waals surface area contributed by atoms with Crippen molar-refractivity contribution in [1.29, 1.82) is 0 Å². The van der Waals surface area contributed by atoms with Crippen LogP contribution in [-0.2, 0) is 0 Å². The van der Waals surface area contributed by atoms with Crippen LogP contribution in [0.3, 0.4) is 0 Å². The molecule has 0 heterocycles. The van der Waals surface area contributed by atoms with Crippen molar-refractivity contribution in [2.45, 2.75) is 33.6 Å². The van der Waals surface area contributed by atoms with E-state index in [4.69, 9.17) is 11.6 Å². The third-order valence-corrected chi connectivity index (χ3v) is 3.35. The van der Waals surface area contributed by atoms with Gasteiger partial charge in [0.1, 0.15) is 5.82 Å². The molecule has 0 aliphatic carbocycles. The summed E-state index contributed by atoms with van der Waals surface area (Å²) in [6.07, 6.45) is 1.83. The summed E-state index contributed by atoms with van der Waals surface area (Å²) >= 11 is 5.66. The number of aryl methyl sites for hydroxylation is 1. The molecule has 19 heavy (non-hydrogen) atoms. The van der Waals surface area contributed by atoms with Crippen LogP contribution in [0, 0.1) is 18.2 Å². The molecule has 0 unspecified atom stereocenters. The van der Waals surface area contributed by atoms with Gasteiger partial charge in [-0.05, 0) is 42.9 Å². The summed E-state index contributed by atoms with van der Waals surface area (Å²) in [7, 11) is 0. The highest BCUT2D eigenvalue weighted by molar-refractivity contribution is 6.17. The molecule has 0 aromatic heterocycles. The number of halogens is 2. The van der Waals surface area contributed by atoms with Crippen LogP contribution in [0.5, 0.6) is 0 Å². The lowest BCUT2D eigenvalue weighted by atomic mass is 9.88. The summed E-state index contributed by atoms with van der Waals surface area (Å²) in [6.45, 7) is 6.42. The molecule has 0 aliphatic heterocycles. The Balaban J connectivity index is 2.60. The number of alkyl halides is 1. The molecule has 106 valence electrons. The average Bonchev–Trinajstić information content (AvgIpc) is 2.34. The normalized spacial score (nSPS) is 11.4. The molecule has 1 N–H and O–H groups in total. The highest BCUT2D eigenvalue weighted by Gasteiger charge is 2.19. The third-order valence-electron chi connectivity index (χ3n) is 3.08. The molecule has 1 amide bonds. The minimum absolute atomic E-state index is 0.0360. The van der Waals surface area contributed by atoms with Crippen molar-refractivity contribution in [2.75, 3.05) is 12.4 Å². The van der Waals surface area contributed by atoms with E-state index in [0.29, 0.717) is 12.4 Å². The highest BCUT2D eigenvalue weighted by atomic mass is 35.5. The van der Waals surface area contributed by atoms with Crippen molar-refractivity contribution >= 4 is 17.5 Å². The standard InChI is InChI=1S/C15H21ClFNO/c1-11-5-6-12(13(17)9-11)14(19)18-10-15(2,3)7-4-8-16/h5-6,9H,4,7-8,10H2,1-3H3,(H,18,19). The van der Waals surface area contributed by atoms with E-state index in [1.165, 1.54) is 12.1 Å². The average molecular weight is 286 g/mol. The Hall–Kier alpha value is -1.09. The Morgan fingerprint density at radius 3 is 2.68 bits per heavy atom. The molecule has 0 saturated heterocycles. The fourth-order valence-electron chi connectivity index (χ4n) is 1.85. The fraction of sp³-hybridized carbons (Fsp3) is 0.533. The SMILES string of the molecule is Cc1ccc(C(=O)NCC(C)(C)CCCCl)c(F)c1. The van der Waals surface area contributed by atoms with Gasteiger partial charge in [0.05, 0.1) is 5.56 Å². The van der Waals surface area contributed by atoms with Crippen molar-refractivity contribution in [3.8, 4) is 0 Å². The van der Waals surface area contributed by atoms with Crippen molar-refractivity contribution in [2.24, 2.45) is 5.41 Å². The van der Waals surface area contributed by atoms with Crippen LogP contribution in [0.15, 0.2) is 18.2 Å². The smallest absolute Gasteiger partial charge is 0.254 e. The van der Waals surface area contributed by atoms with Gasteiger partial charge in [0, 0.05) is 12.4 Å². The predicted molar refractivity (Wildman–Crippen MR) is 77.2 cm³/mol. The van der Waals surface area contributed by atoms with E-state index in [-0.39, 0.29) is 16.9 Å². The van der Waals surface area contributed by atoms with E-state index in [0.717, 1.165) is 18.4 Å². The number of carbonyl (C=O) groups excluding carboxylic acids is 1. The number of carbonyl (C=O) groups is 1. The summed E-state index contributed by atoms with van der Waals surface area (Å²) < 4.78 is 13.6. The maximum atomic E-state index is 13.6. The number of amides is 1. The van der Waals surface area contributed by atoms with E-state index in [2.05, 4.69) is 19.2 Å². The first-order valence-electron chi connectivity index (χ1n) is 6.46. The lowest BCUT2D eigenvalue weighted by Gasteiger charge is -2.24. The molecular formula is C15H21ClFNO. The molecule has 2 nitrogen and oxygen atoms in total. The molecule has 1 aromatic carbocycles. The maximum absolute atomic E-state index is 13.6. The quantitative estimate of drug-likeness (QED) is 0.789. The largest absolute Gasteiger partial charge is 0.351 e. The Morgan fingerprint density at radius 2 is 2.11 bits per heavy atom. The predicted octanol–water partition coefficient (Wildman–Crippen LogP) is 3.91. The first kappa shape index (κ1) is 16.0. The van der Waals surface area contributed by atoms with E-state index < -0.39 is 5.82 Å². The van der Waals surface area contributed by atoms with Gasteiger partial charge in [-0.2, -0.15) is 0 Å². The second-order valence-electron chi connectivity index (χ2n) is 5.62. The number of hydrogen-bond donors (Lipinski definition) is 1. The summed E-state index contributed by atoms with van der Waals surface area (Å²) in [5, 5.41) is 2.79. The summed E-state index contributed by atoms with van der Waals surface area (Å²) in [5.41, 5.74) is 0.862. The number of hydrogen-bond acceptors (Lipinski definition) is 1. The number of nitrogens with one attached hydrogen (secondary N) is 1. The van der Waals surface area contributed by atoms with Crippen LogP contribution in [0.25, 0.3) is 0 Å². The molecule has 0 atom stereocenters. The van der Waals surface area contributed by atoms with Crippen molar-refractivity contribution in [1.82, 2.24) is 5.32 Å². The Kier molecular flexibility index (Phi) is 5.80. The van der Waals surface area contributed by atoms with Gasteiger partial charge in [-0.3, -0.25) is 4.79 Å². The lowest BCUT2D eigenvalue weighted by Crippen LogP contribution is -2.34. The molecule has 1 rings (SSSR count). The second kappa shape index (κ2) is 6.90. The Morgan fingerprint density at radius 1 is 1.42 bits per heavy atom. The molecular weight excluding hydrogens is 265 g/mol. The topological polar surface area (TPSA) is 29.1 Å². The molecule has 0 saturated carbocycles. The molecule has 0 fully saturated rings. The van der Waals surface area contributed by atoms with Gasteiger partial charge in [-0.1, -0.05) is 19.9 Å². The van der Waals surface area contributed by atoms with E-state index in [9.17, 15) is 9.18 Å². The van der Waals surface area contributed by atoms with E-state index >= 15 is 0 Å². The van der Waals surface area contributed by atoms with E-state index in [1.54, 1.807) is 13.0 Å². The zero-order valence-corrected chi connectivity index (χ0v) is 12.5. The Bertz CT molecular complexity index is 446. The van der Waals surface area contributed by atoms with Gasteiger partial charge < -0.3 is 5.32 Å². The molecule has 1 aromatic rings. The minimum Gasteiger partial charge on any atom is -0.351 e. The van der Waals surface area contributed by atoms with Crippen LogP contribution >= 0.6 is 11.6 Å². The highest BCUT2D eigenvalue weighted by Crippen LogP contribution is 2.21. The Labute approximate surface area is 119 Å². The summed E-state index contributed by atoms with van der Waals surface area (Å²) in [4.78, 5) is 11.9. The number of rotatable bonds is 6. The minimum atomic E-state index is -0.476. The van der Waals surface area contributed by atoms with Gasteiger partial charge >= 0.3 is 0 Å². The summed E-state index contributed by atoms with van der Waals surface area (Å²) in [6, 6.07) is 4.62. The maximum Gasteiger partial charge on any atom is 0.254 e. The van der Waals surface area contributed by atoms with Crippen LogP contribution in [-0.4, -0.2) is 18.3 Å². The zero-order valence-electron chi connectivity index (χ0n) is 11.7. The van der Waals surface area contributed by atoms with Crippen LogP contribution in [0.1, 0.15) is 42.6 Å². The van der Waals surface area contributed by atoms with Crippen LogP contribution in [0.2, 0.25) is 0 Å². The van der Waals surface area contributed by atoms with Crippen molar-refractivity contribution in [3.63, 3.8) is 0 Å². The lowest BCUT2D eigenvalue weighted by molar-refractivity contribution is 0.0930. The fourth-order valence-corrected chi connectivity index (χ4v) is 1.99. The van der Waals surface area contributed by atoms with Gasteiger partial charge in [0.2, 0.25) is 0 Å². The molecule has 0 aliphatic rings. The molecule has 0 spiro atoms. The van der Waals surface area contributed by atoms with Gasteiger partial charge in [0.25, 0.3) is 5.91 Å². The molecule has 0 bridgehead atoms. The first-order chi connectivity index (χ1) is 8.85. The number of benzene rings is 1. The van der Waals surface area contributed by atoms with Crippen LogP contribution < -0.4 is 5.32 Å². The molecule has 4 heteroatoms. The van der Waals surface area contributed by atoms with Crippen LogP contribution in [0.4, 0.5) is 4.39 Å². The van der Waals surface area contributed by atoms with E-state index in [1.807, 2.05) is 0 Å². The monoisotopic (exact) mass is 285 g/mol. The molecule has 0 radical (unpaired) electrons. The zero-order chi connectivity index (χ0) is 14.5.